The predicted molar refractivity (Wildman–Crippen MR) is 138 cm³/mol. The highest BCUT2D eigenvalue weighted by molar-refractivity contribution is 7.89. The number of carbonyl (C=O) groups excluding carboxylic acids is 1. The zero-order chi connectivity index (χ0) is 24.6. The summed E-state index contributed by atoms with van der Waals surface area (Å²) < 4.78 is 27.7. The number of rotatable bonds is 5. The van der Waals surface area contributed by atoms with Gasteiger partial charge in [0, 0.05) is 29.6 Å². The first-order valence-electron chi connectivity index (χ1n) is 11.5. The van der Waals surface area contributed by atoms with Gasteiger partial charge in [0.25, 0.3) is 5.91 Å². The lowest BCUT2D eigenvalue weighted by Crippen LogP contribution is -2.42. The lowest BCUT2D eigenvalue weighted by Gasteiger charge is -2.34. The van der Waals surface area contributed by atoms with Gasteiger partial charge in [0.15, 0.2) is 5.13 Å². The second-order valence-corrected chi connectivity index (χ2v) is 12.3. The molecule has 2 unspecified atom stereocenters. The third kappa shape index (κ3) is 5.09. The van der Waals surface area contributed by atoms with Crippen LogP contribution in [0.3, 0.4) is 0 Å². The van der Waals surface area contributed by atoms with E-state index in [0.29, 0.717) is 35.6 Å². The van der Waals surface area contributed by atoms with Gasteiger partial charge in [-0.1, -0.05) is 19.9 Å². The van der Waals surface area contributed by atoms with Crippen molar-refractivity contribution >= 4 is 32.4 Å². The summed E-state index contributed by atoms with van der Waals surface area (Å²) in [4.78, 5) is 17.6. The van der Waals surface area contributed by atoms with Crippen molar-refractivity contribution in [2.24, 2.45) is 11.8 Å². The third-order valence-electron chi connectivity index (χ3n) is 6.43. The number of hydrogen-bond donors (Lipinski definition) is 1. The number of carbonyl (C=O) groups is 1. The maximum absolute atomic E-state index is 13.1. The summed E-state index contributed by atoms with van der Waals surface area (Å²) in [6, 6.07) is 10.4. The number of nitrogens with one attached hydrogen (secondary N) is 1. The van der Waals surface area contributed by atoms with Crippen LogP contribution in [0.5, 0.6) is 0 Å². The second-order valence-electron chi connectivity index (χ2n) is 9.54. The summed E-state index contributed by atoms with van der Waals surface area (Å²) in [7, 11) is -3.58. The summed E-state index contributed by atoms with van der Waals surface area (Å²) in [5.74, 6) is 0.348. The van der Waals surface area contributed by atoms with Crippen LogP contribution in [0.2, 0.25) is 0 Å². The molecule has 0 saturated carbocycles. The van der Waals surface area contributed by atoms with Gasteiger partial charge in [0.2, 0.25) is 10.0 Å². The minimum Gasteiger partial charge on any atom is -0.298 e. The van der Waals surface area contributed by atoms with E-state index < -0.39 is 10.0 Å². The maximum Gasteiger partial charge on any atom is 0.257 e. The van der Waals surface area contributed by atoms with Gasteiger partial charge in [-0.15, -0.1) is 11.3 Å². The van der Waals surface area contributed by atoms with Crippen molar-refractivity contribution in [2.75, 3.05) is 18.4 Å². The smallest absolute Gasteiger partial charge is 0.257 e. The summed E-state index contributed by atoms with van der Waals surface area (Å²) >= 11 is 1.37. The van der Waals surface area contributed by atoms with Gasteiger partial charge in [0.05, 0.1) is 10.6 Å². The zero-order valence-corrected chi connectivity index (χ0v) is 21.9. The van der Waals surface area contributed by atoms with Gasteiger partial charge in [-0.25, -0.2) is 13.4 Å². The first-order valence-corrected chi connectivity index (χ1v) is 13.8. The van der Waals surface area contributed by atoms with E-state index in [-0.39, 0.29) is 10.8 Å². The van der Waals surface area contributed by atoms with Crippen molar-refractivity contribution in [3.05, 3.63) is 64.0 Å². The van der Waals surface area contributed by atoms with Gasteiger partial charge in [-0.2, -0.15) is 4.31 Å². The third-order valence-corrected chi connectivity index (χ3v) is 9.03. The van der Waals surface area contributed by atoms with Crippen LogP contribution in [-0.4, -0.2) is 36.7 Å². The van der Waals surface area contributed by atoms with E-state index in [1.165, 1.54) is 34.6 Å². The molecule has 0 aliphatic carbocycles. The summed E-state index contributed by atoms with van der Waals surface area (Å²) in [5, 5.41) is 5.27. The van der Waals surface area contributed by atoms with Gasteiger partial charge in [-0.3, -0.25) is 10.1 Å². The molecule has 1 aliphatic heterocycles. The zero-order valence-electron chi connectivity index (χ0n) is 20.3. The average molecular weight is 498 g/mol. The summed E-state index contributed by atoms with van der Waals surface area (Å²) in [6.07, 6.45) is 1.03. The van der Waals surface area contributed by atoms with Crippen molar-refractivity contribution in [1.29, 1.82) is 0 Å². The van der Waals surface area contributed by atoms with E-state index in [4.69, 9.17) is 0 Å². The molecule has 2 aromatic carbocycles. The number of benzene rings is 2. The van der Waals surface area contributed by atoms with Crippen LogP contribution < -0.4 is 5.32 Å². The van der Waals surface area contributed by atoms with Crippen molar-refractivity contribution < 1.29 is 13.2 Å². The van der Waals surface area contributed by atoms with E-state index in [1.54, 1.807) is 16.4 Å². The highest BCUT2D eigenvalue weighted by Gasteiger charge is 2.31. The van der Waals surface area contributed by atoms with E-state index in [9.17, 15) is 13.2 Å². The van der Waals surface area contributed by atoms with Crippen LogP contribution in [0.25, 0.3) is 11.3 Å². The molecule has 2 atom stereocenters. The Bertz CT molecular complexity index is 1300. The molecule has 1 fully saturated rings. The van der Waals surface area contributed by atoms with Gasteiger partial charge >= 0.3 is 0 Å². The largest absolute Gasteiger partial charge is 0.298 e. The molecule has 0 radical (unpaired) electrons. The van der Waals surface area contributed by atoms with E-state index in [1.807, 2.05) is 5.38 Å². The number of piperidine rings is 1. The van der Waals surface area contributed by atoms with Crippen molar-refractivity contribution in [1.82, 2.24) is 9.29 Å². The Labute approximate surface area is 206 Å². The molecule has 1 N–H and O–H groups in total. The van der Waals surface area contributed by atoms with Crippen LogP contribution in [0.15, 0.2) is 46.7 Å². The van der Waals surface area contributed by atoms with Crippen molar-refractivity contribution in [3.8, 4) is 11.3 Å². The molecule has 6 nitrogen and oxygen atoms in total. The number of amides is 1. The average Bonchev–Trinajstić information content (AvgIpc) is 3.23. The van der Waals surface area contributed by atoms with Crippen molar-refractivity contribution in [3.63, 3.8) is 0 Å². The minimum atomic E-state index is -3.58. The standard InChI is InChI=1S/C26H31N3O3S2/c1-16-10-17(2)14-29(13-16)34(31,32)22-8-6-21(7-9-22)25(30)28-26-27-24(15-33-26)23-12-19(4)18(3)11-20(23)5/h6-9,11-12,15-17H,10,13-14H2,1-5H3,(H,27,28,30). The number of aromatic nitrogens is 1. The molecule has 1 aliphatic rings. The fourth-order valence-corrected chi connectivity index (χ4v) is 6.98. The summed E-state index contributed by atoms with van der Waals surface area (Å²) in [6.45, 7) is 11.4. The number of thiazole rings is 1. The summed E-state index contributed by atoms with van der Waals surface area (Å²) in [5.41, 5.74) is 5.84. The quantitative estimate of drug-likeness (QED) is 0.494. The molecule has 1 amide bonds. The molecule has 1 aromatic heterocycles. The van der Waals surface area contributed by atoms with Crippen LogP contribution in [0.1, 0.15) is 47.3 Å². The molecule has 3 aromatic rings. The number of anilines is 1. The molecule has 2 heterocycles. The van der Waals surface area contributed by atoms with Crippen LogP contribution in [-0.2, 0) is 10.0 Å². The molecule has 34 heavy (non-hydrogen) atoms. The fourth-order valence-electron chi connectivity index (χ4n) is 4.59. The molecule has 0 bridgehead atoms. The first kappa shape index (κ1) is 24.6. The normalized spacial score (nSPS) is 19.2. The van der Waals surface area contributed by atoms with E-state index >= 15 is 0 Å². The Morgan fingerprint density at radius 2 is 1.62 bits per heavy atom. The van der Waals surface area contributed by atoms with E-state index in [2.05, 4.69) is 57.1 Å². The lowest BCUT2D eigenvalue weighted by molar-refractivity contribution is 0.102. The molecule has 1 saturated heterocycles. The van der Waals surface area contributed by atoms with Gasteiger partial charge < -0.3 is 0 Å². The Hall–Kier alpha value is -2.55. The number of nitrogens with zero attached hydrogens (tertiary/aromatic N) is 2. The van der Waals surface area contributed by atoms with E-state index in [0.717, 1.165) is 23.2 Å². The molecule has 0 spiro atoms. The monoisotopic (exact) mass is 497 g/mol. The Balaban J connectivity index is 1.47. The highest BCUT2D eigenvalue weighted by atomic mass is 32.2. The van der Waals surface area contributed by atoms with Crippen LogP contribution in [0, 0.1) is 32.6 Å². The maximum atomic E-state index is 13.1. The molecular formula is C26H31N3O3S2. The van der Waals surface area contributed by atoms with Gasteiger partial charge in [-0.05, 0) is 86.1 Å². The molecule has 180 valence electrons. The second kappa shape index (κ2) is 9.60. The van der Waals surface area contributed by atoms with Crippen LogP contribution >= 0.6 is 11.3 Å². The minimum absolute atomic E-state index is 0.215. The molecular weight excluding hydrogens is 466 g/mol. The number of sulfonamides is 1. The topological polar surface area (TPSA) is 79.4 Å². The molecule has 8 heteroatoms. The Morgan fingerprint density at radius 1 is 1.00 bits per heavy atom. The predicted octanol–water partition coefficient (Wildman–Crippen LogP) is 5.65. The fraction of sp³-hybridized carbons (Fsp3) is 0.385. The molecule has 4 rings (SSSR count). The Kier molecular flexibility index (Phi) is 6.94. The Morgan fingerprint density at radius 3 is 2.26 bits per heavy atom. The lowest BCUT2D eigenvalue weighted by atomic mass is 9.94. The first-order chi connectivity index (χ1) is 16.0. The van der Waals surface area contributed by atoms with Crippen molar-refractivity contribution in [2.45, 2.75) is 45.9 Å². The van der Waals surface area contributed by atoms with Crippen LogP contribution in [0.4, 0.5) is 5.13 Å². The van der Waals surface area contributed by atoms with Gasteiger partial charge in [0.1, 0.15) is 0 Å². The number of hydrogen-bond acceptors (Lipinski definition) is 5. The SMILES string of the molecule is Cc1cc(C)c(-c2csc(NC(=O)c3ccc(S(=O)(=O)N4CC(C)CC(C)C4)cc3)n2)cc1C. The number of aryl methyl sites for hydroxylation is 3. The highest BCUT2D eigenvalue weighted by Crippen LogP contribution is 2.30.